The van der Waals surface area contributed by atoms with Gasteiger partial charge in [-0.1, -0.05) is 48.6 Å². The molecule has 0 bridgehead atoms. The number of hydrogen-bond donors (Lipinski definition) is 2. The van der Waals surface area contributed by atoms with Gasteiger partial charge in [0.2, 0.25) is 11.8 Å². The van der Waals surface area contributed by atoms with Gasteiger partial charge in [-0.2, -0.15) is 0 Å². The van der Waals surface area contributed by atoms with Crippen molar-refractivity contribution in [3.05, 3.63) is 59.7 Å². The van der Waals surface area contributed by atoms with Crippen molar-refractivity contribution in [2.45, 2.75) is 45.2 Å². The third kappa shape index (κ3) is 4.59. The van der Waals surface area contributed by atoms with Crippen LogP contribution in [0.2, 0.25) is 0 Å². The highest BCUT2D eigenvalue weighted by Gasteiger charge is 2.21. The molecule has 0 heterocycles. The molecular formula is C21H26N2O2. The first-order valence-electron chi connectivity index (χ1n) is 9.10. The van der Waals surface area contributed by atoms with Gasteiger partial charge in [-0.05, 0) is 43.7 Å². The van der Waals surface area contributed by atoms with Gasteiger partial charge in [0.25, 0.3) is 0 Å². The van der Waals surface area contributed by atoms with Crippen LogP contribution in [-0.2, 0) is 16.1 Å². The van der Waals surface area contributed by atoms with E-state index in [-0.39, 0.29) is 29.7 Å². The largest absolute Gasteiger partial charge is 0.352 e. The summed E-state index contributed by atoms with van der Waals surface area (Å²) in [7, 11) is 0. The van der Waals surface area contributed by atoms with Crippen LogP contribution in [0.25, 0.3) is 0 Å². The predicted octanol–water partition coefficient (Wildman–Crippen LogP) is 3.41. The van der Waals surface area contributed by atoms with Crippen LogP contribution in [0.3, 0.4) is 0 Å². The molecular weight excluding hydrogens is 312 g/mol. The fourth-order valence-electron chi connectivity index (χ4n) is 3.33. The second kappa shape index (κ2) is 8.15. The van der Waals surface area contributed by atoms with Gasteiger partial charge in [-0.15, -0.1) is 0 Å². The molecule has 0 fully saturated rings. The summed E-state index contributed by atoms with van der Waals surface area (Å²) in [5, 5.41) is 6.09. The van der Waals surface area contributed by atoms with Crippen molar-refractivity contribution in [1.82, 2.24) is 10.6 Å². The third-order valence-corrected chi connectivity index (χ3v) is 5.06. The van der Waals surface area contributed by atoms with Crippen LogP contribution in [0.5, 0.6) is 0 Å². The van der Waals surface area contributed by atoms with E-state index in [0.717, 1.165) is 36.8 Å². The van der Waals surface area contributed by atoms with Gasteiger partial charge in [-0.25, -0.2) is 0 Å². The zero-order chi connectivity index (χ0) is 17.6. The monoisotopic (exact) mass is 338 g/mol. The molecule has 0 spiro atoms. The lowest BCUT2D eigenvalue weighted by Gasteiger charge is -2.18. The molecule has 2 amide bonds. The van der Waals surface area contributed by atoms with Gasteiger partial charge in [0.15, 0.2) is 0 Å². The smallest absolute Gasteiger partial charge is 0.224 e. The Labute approximate surface area is 149 Å². The Morgan fingerprint density at radius 2 is 1.44 bits per heavy atom. The Bertz CT molecular complexity index is 660. The summed E-state index contributed by atoms with van der Waals surface area (Å²) in [5.41, 5.74) is 2.15. The molecule has 1 aromatic carbocycles. The number of nitrogens with one attached hydrogen (secondary N) is 2. The molecule has 25 heavy (non-hydrogen) atoms. The fourth-order valence-corrected chi connectivity index (χ4v) is 3.33. The van der Waals surface area contributed by atoms with Gasteiger partial charge in [0.1, 0.15) is 0 Å². The number of carbonyl (C=O) groups is 2. The minimum Gasteiger partial charge on any atom is -0.352 e. The zero-order valence-electron chi connectivity index (χ0n) is 14.7. The van der Waals surface area contributed by atoms with Gasteiger partial charge < -0.3 is 10.6 Å². The molecule has 0 radical (unpaired) electrons. The van der Waals surface area contributed by atoms with Crippen molar-refractivity contribution in [2.24, 2.45) is 11.8 Å². The number of amides is 2. The Hall–Kier alpha value is -2.36. The molecule has 0 aromatic heterocycles. The van der Waals surface area contributed by atoms with Crippen molar-refractivity contribution < 1.29 is 9.59 Å². The summed E-state index contributed by atoms with van der Waals surface area (Å²) >= 11 is 0. The number of rotatable bonds is 6. The predicted molar refractivity (Wildman–Crippen MR) is 98.6 cm³/mol. The average Bonchev–Trinajstić information content (AvgIpc) is 3.33. The fraction of sp³-hybridized carbons (Fsp3) is 0.429. The summed E-state index contributed by atoms with van der Waals surface area (Å²) in [4.78, 5) is 24.2. The van der Waals surface area contributed by atoms with Gasteiger partial charge in [-0.3, -0.25) is 9.59 Å². The lowest BCUT2D eigenvalue weighted by Crippen LogP contribution is -2.31. The standard InChI is InChI=1S/C21H26N2O2/c1-15(23-21(25)19-8-4-5-9-19)17-12-10-16(11-13-17)14-22-20(24)18-6-2-3-7-18/h2-5,10-13,15,18-19H,6-9,14H2,1H3,(H,22,24)(H,23,25). The van der Waals surface area contributed by atoms with Crippen molar-refractivity contribution in [3.63, 3.8) is 0 Å². The molecule has 4 nitrogen and oxygen atoms in total. The number of carbonyl (C=O) groups excluding carboxylic acids is 2. The van der Waals surface area contributed by atoms with E-state index in [9.17, 15) is 9.59 Å². The van der Waals surface area contributed by atoms with Crippen molar-refractivity contribution >= 4 is 11.8 Å². The van der Waals surface area contributed by atoms with Crippen LogP contribution in [0.1, 0.15) is 49.8 Å². The van der Waals surface area contributed by atoms with Gasteiger partial charge >= 0.3 is 0 Å². The molecule has 2 aliphatic rings. The lowest BCUT2D eigenvalue weighted by atomic mass is 10.0. The van der Waals surface area contributed by atoms with E-state index in [1.54, 1.807) is 0 Å². The molecule has 0 saturated carbocycles. The minimum absolute atomic E-state index is 0.0127. The molecule has 132 valence electrons. The maximum absolute atomic E-state index is 12.2. The molecule has 1 atom stereocenters. The average molecular weight is 338 g/mol. The SMILES string of the molecule is CC(NC(=O)C1CC=CC1)c1ccc(CNC(=O)C2CC=CC2)cc1. The van der Waals surface area contributed by atoms with Crippen LogP contribution in [-0.4, -0.2) is 11.8 Å². The van der Waals surface area contributed by atoms with Gasteiger partial charge in [0, 0.05) is 18.4 Å². The van der Waals surface area contributed by atoms with E-state index in [4.69, 9.17) is 0 Å². The van der Waals surface area contributed by atoms with E-state index in [0.29, 0.717) is 6.54 Å². The van der Waals surface area contributed by atoms with Crippen LogP contribution >= 0.6 is 0 Å². The van der Waals surface area contributed by atoms with Crippen LogP contribution < -0.4 is 10.6 Å². The van der Waals surface area contributed by atoms with Crippen LogP contribution in [0.15, 0.2) is 48.6 Å². The first kappa shape index (κ1) is 17.5. The highest BCUT2D eigenvalue weighted by atomic mass is 16.2. The lowest BCUT2D eigenvalue weighted by molar-refractivity contribution is -0.125. The molecule has 1 aromatic rings. The van der Waals surface area contributed by atoms with E-state index in [2.05, 4.69) is 34.9 Å². The molecule has 0 aliphatic heterocycles. The number of benzene rings is 1. The summed E-state index contributed by atoms with van der Waals surface area (Å²) < 4.78 is 0. The maximum Gasteiger partial charge on any atom is 0.224 e. The topological polar surface area (TPSA) is 58.2 Å². The second-order valence-electron chi connectivity index (χ2n) is 6.97. The summed E-state index contributed by atoms with van der Waals surface area (Å²) in [5.74, 6) is 0.431. The van der Waals surface area contributed by atoms with Crippen molar-refractivity contribution in [3.8, 4) is 0 Å². The minimum atomic E-state index is -0.0127. The normalized spacial score (nSPS) is 18.4. The first-order valence-corrected chi connectivity index (χ1v) is 9.10. The van der Waals surface area contributed by atoms with Crippen LogP contribution in [0, 0.1) is 11.8 Å². The first-order chi connectivity index (χ1) is 12.1. The van der Waals surface area contributed by atoms with E-state index < -0.39 is 0 Å². The molecule has 1 unspecified atom stereocenters. The Balaban J connectivity index is 1.47. The zero-order valence-corrected chi connectivity index (χ0v) is 14.7. The van der Waals surface area contributed by atoms with Crippen molar-refractivity contribution in [2.75, 3.05) is 0 Å². The number of hydrogen-bond acceptors (Lipinski definition) is 2. The van der Waals surface area contributed by atoms with Crippen LogP contribution in [0.4, 0.5) is 0 Å². The highest BCUT2D eigenvalue weighted by molar-refractivity contribution is 5.80. The quantitative estimate of drug-likeness (QED) is 0.781. The Morgan fingerprint density at radius 1 is 0.920 bits per heavy atom. The summed E-state index contributed by atoms with van der Waals surface area (Å²) in [6, 6.07) is 8.07. The van der Waals surface area contributed by atoms with E-state index in [1.807, 2.05) is 31.2 Å². The highest BCUT2D eigenvalue weighted by Crippen LogP contribution is 2.21. The molecule has 4 heteroatoms. The third-order valence-electron chi connectivity index (χ3n) is 5.06. The molecule has 3 rings (SSSR count). The second-order valence-corrected chi connectivity index (χ2v) is 6.97. The summed E-state index contributed by atoms with van der Waals surface area (Å²) in [6.45, 7) is 2.55. The summed E-state index contributed by atoms with van der Waals surface area (Å²) in [6.07, 6.45) is 11.6. The number of allylic oxidation sites excluding steroid dienone is 4. The van der Waals surface area contributed by atoms with E-state index in [1.165, 1.54) is 0 Å². The Kier molecular flexibility index (Phi) is 5.69. The maximum atomic E-state index is 12.2. The molecule has 0 saturated heterocycles. The van der Waals surface area contributed by atoms with Crippen molar-refractivity contribution in [1.29, 1.82) is 0 Å². The molecule has 2 aliphatic carbocycles. The molecule has 2 N–H and O–H groups in total. The van der Waals surface area contributed by atoms with Gasteiger partial charge in [0.05, 0.1) is 6.04 Å². The Morgan fingerprint density at radius 3 is 2.00 bits per heavy atom. The van der Waals surface area contributed by atoms with E-state index >= 15 is 0 Å².